The van der Waals surface area contributed by atoms with Gasteiger partial charge in [-0.15, -0.1) is 0 Å². The summed E-state index contributed by atoms with van der Waals surface area (Å²) >= 11 is 0. The van der Waals surface area contributed by atoms with Gasteiger partial charge in [-0.25, -0.2) is 4.98 Å². The molecule has 4 N–H and O–H groups in total. The fraction of sp³-hybridized carbons (Fsp3) is 0.333. The number of anilines is 5. The quantitative estimate of drug-likeness (QED) is 0.560. The molecule has 1 aliphatic rings. The minimum Gasteiger partial charge on any atom is -0.399 e. The third-order valence-corrected chi connectivity index (χ3v) is 4.42. The van der Waals surface area contributed by atoms with Gasteiger partial charge in [0.2, 0.25) is 6.41 Å². The van der Waals surface area contributed by atoms with E-state index < -0.39 is 0 Å². The second-order valence-electron chi connectivity index (χ2n) is 6.04. The summed E-state index contributed by atoms with van der Waals surface area (Å²) < 4.78 is 0. The van der Waals surface area contributed by atoms with Crippen molar-refractivity contribution in [2.45, 2.75) is 31.7 Å². The van der Waals surface area contributed by atoms with Gasteiger partial charge >= 0.3 is 0 Å². The molecule has 0 atom stereocenters. The first-order valence-electron chi connectivity index (χ1n) is 8.25. The van der Waals surface area contributed by atoms with E-state index in [1.54, 1.807) is 6.20 Å². The Bertz CT molecular complexity index is 712. The van der Waals surface area contributed by atoms with Gasteiger partial charge in [0.1, 0.15) is 5.82 Å². The molecule has 1 aromatic heterocycles. The molecule has 0 spiro atoms. The molecule has 0 unspecified atom stereocenters. The van der Waals surface area contributed by atoms with Gasteiger partial charge in [-0.1, -0.05) is 18.9 Å². The monoisotopic (exact) mass is 325 g/mol. The summed E-state index contributed by atoms with van der Waals surface area (Å²) in [5.74, 6) is 0.680. The van der Waals surface area contributed by atoms with Gasteiger partial charge in [0, 0.05) is 30.5 Å². The van der Waals surface area contributed by atoms with Crippen LogP contribution in [0.2, 0.25) is 0 Å². The number of nitrogen functional groups attached to an aromatic ring is 1. The molecule has 1 amide bonds. The van der Waals surface area contributed by atoms with Crippen LogP contribution in [-0.2, 0) is 4.79 Å². The molecule has 126 valence electrons. The number of nitrogens with one attached hydrogen (secondary N) is 2. The van der Waals surface area contributed by atoms with E-state index in [0.29, 0.717) is 11.5 Å². The Labute approximate surface area is 142 Å². The summed E-state index contributed by atoms with van der Waals surface area (Å²) in [5, 5.41) is 6.37. The third kappa shape index (κ3) is 3.42. The fourth-order valence-electron chi connectivity index (χ4n) is 3.21. The number of hydrogen-bond acceptors (Lipinski definition) is 5. The van der Waals surface area contributed by atoms with Gasteiger partial charge < -0.3 is 21.3 Å². The van der Waals surface area contributed by atoms with Crippen molar-refractivity contribution in [1.29, 1.82) is 0 Å². The van der Waals surface area contributed by atoms with E-state index in [1.807, 2.05) is 42.3 Å². The van der Waals surface area contributed by atoms with Gasteiger partial charge in [-0.05, 0) is 31.0 Å². The predicted molar refractivity (Wildman–Crippen MR) is 98.7 cm³/mol. The molecule has 24 heavy (non-hydrogen) atoms. The lowest BCUT2D eigenvalue weighted by atomic mass is 10.2. The molecule has 2 aromatic rings. The first kappa shape index (κ1) is 16.1. The molecule has 0 bridgehead atoms. The molecule has 1 heterocycles. The van der Waals surface area contributed by atoms with Crippen molar-refractivity contribution in [1.82, 2.24) is 4.98 Å². The van der Waals surface area contributed by atoms with Crippen LogP contribution in [0, 0.1) is 0 Å². The van der Waals surface area contributed by atoms with Crippen molar-refractivity contribution in [3.05, 3.63) is 36.5 Å². The standard InChI is InChI=1S/C18H23N5O/c1-20-16-11-21-18(22-14-6-4-5-13(19)9-14)10-17(16)23(12-24)15-7-2-3-8-15/h4-6,9-12,15,20H,2-3,7-8,19H2,1H3,(H,21,22). The normalized spacial score (nSPS) is 14.4. The zero-order valence-corrected chi connectivity index (χ0v) is 13.8. The van der Waals surface area contributed by atoms with Gasteiger partial charge in [0.15, 0.2) is 0 Å². The molecule has 1 aromatic carbocycles. The lowest BCUT2D eigenvalue weighted by Crippen LogP contribution is -2.32. The molecular weight excluding hydrogens is 302 g/mol. The molecular formula is C18H23N5O. The summed E-state index contributed by atoms with van der Waals surface area (Å²) in [7, 11) is 1.84. The van der Waals surface area contributed by atoms with Crippen LogP contribution in [-0.4, -0.2) is 24.5 Å². The molecule has 0 radical (unpaired) electrons. The van der Waals surface area contributed by atoms with Gasteiger partial charge in [-0.3, -0.25) is 4.79 Å². The van der Waals surface area contributed by atoms with Crippen molar-refractivity contribution in [3.8, 4) is 0 Å². The number of nitrogens with zero attached hydrogens (tertiary/aromatic N) is 2. The minimum atomic E-state index is 0.261. The minimum absolute atomic E-state index is 0.261. The number of amides is 1. The van der Waals surface area contributed by atoms with E-state index in [0.717, 1.165) is 36.3 Å². The van der Waals surface area contributed by atoms with Gasteiger partial charge in [-0.2, -0.15) is 0 Å². The molecule has 6 heteroatoms. The van der Waals surface area contributed by atoms with Crippen molar-refractivity contribution < 1.29 is 4.79 Å². The summed E-state index contributed by atoms with van der Waals surface area (Å²) in [4.78, 5) is 18.0. The smallest absolute Gasteiger partial charge is 0.214 e. The highest BCUT2D eigenvalue weighted by atomic mass is 16.1. The van der Waals surface area contributed by atoms with Crippen LogP contribution >= 0.6 is 0 Å². The van der Waals surface area contributed by atoms with E-state index in [9.17, 15) is 4.79 Å². The molecule has 1 saturated carbocycles. The highest BCUT2D eigenvalue weighted by Crippen LogP contribution is 2.33. The topological polar surface area (TPSA) is 83.3 Å². The first-order chi connectivity index (χ1) is 11.7. The van der Waals surface area contributed by atoms with E-state index in [4.69, 9.17) is 5.73 Å². The van der Waals surface area contributed by atoms with E-state index in [1.165, 1.54) is 12.8 Å². The van der Waals surface area contributed by atoms with Gasteiger partial charge in [0.05, 0.1) is 17.6 Å². The van der Waals surface area contributed by atoms with Crippen molar-refractivity contribution in [2.24, 2.45) is 0 Å². The van der Waals surface area contributed by atoms with Crippen LogP contribution in [0.4, 0.5) is 28.6 Å². The average Bonchev–Trinajstić information content (AvgIpc) is 3.10. The van der Waals surface area contributed by atoms with Crippen molar-refractivity contribution in [3.63, 3.8) is 0 Å². The molecule has 1 fully saturated rings. The Morgan fingerprint density at radius 3 is 2.75 bits per heavy atom. The molecule has 3 rings (SSSR count). The van der Waals surface area contributed by atoms with Crippen molar-refractivity contribution >= 4 is 35.0 Å². The Hall–Kier alpha value is -2.76. The zero-order chi connectivity index (χ0) is 16.9. The highest BCUT2D eigenvalue weighted by molar-refractivity contribution is 5.85. The maximum atomic E-state index is 11.7. The van der Waals surface area contributed by atoms with E-state index in [2.05, 4.69) is 15.6 Å². The summed E-state index contributed by atoms with van der Waals surface area (Å²) in [6.07, 6.45) is 7.10. The van der Waals surface area contributed by atoms with Crippen LogP contribution < -0.4 is 21.3 Å². The van der Waals surface area contributed by atoms with Crippen LogP contribution in [0.1, 0.15) is 25.7 Å². The lowest BCUT2D eigenvalue weighted by Gasteiger charge is -2.27. The Morgan fingerprint density at radius 1 is 1.29 bits per heavy atom. The second kappa shape index (κ2) is 7.21. The zero-order valence-electron chi connectivity index (χ0n) is 13.8. The predicted octanol–water partition coefficient (Wildman–Crippen LogP) is 3.35. The first-order valence-corrected chi connectivity index (χ1v) is 8.25. The largest absolute Gasteiger partial charge is 0.399 e. The molecule has 6 nitrogen and oxygen atoms in total. The van der Waals surface area contributed by atoms with Crippen molar-refractivity contribution in [2.75, 3.05) is 28.3 Å². The Balaban J connectivity index is 1.91. The SMILES string of the molecule is CNc1cnc(Nc2cccc(N)c2)cc1N(C=O)C1CCCC1. The average molecular weight is 325 g/mol. The number of nitrogens with two attached hydrogens (primary N) is 1. The fourth-order valence-corrected chi connectivity index (χ4v) is 3.21. The number of aromatic nitrogens is 1. The molecule has 0 saturated heterocycles. The summed E-state index contributed by atoms with van der Waals surface area (Å²) in [6.45, 7) is 0. The van der Waals surface area contributed by atoms with Crippen LogP contribution in [0.15, 0.2) is 36.5 Å². The van der Waals surface area contributed by atoms with Crippen LogP contribution in [0.3, 0.4) is 0 Å². The molecule has 1 aliphatic carbocycles. The number of rotatable bonds is 6. The van der Waals surface area contributed by atoms with E-state index in [-0.39, 0.29) is 6.04 Å². The second-order valence-corrected chi connectivity index (χ2v) is 6.04. The lowest BCUT2D eigenvalue weighted by molar-refractivity contribution is -0.107. The summed E-state index contributed by atoms with van der Waals surface area (Å²) in [5.41, 5.74) is 9.06. The number of carbonyl (C=O) groups excluding carboxylic acids is 1. The van der Waals surface area contributed by atoms with Crippen LogP contribution in [0.25, 0.3) is 0 Å². The maximum absolute atomic E-state index is 11.7. The third-order valence-electron chi connectivity index (χ3n) is 4.42. The number of benzene rings is 1. The maximum Gasteiger partial charge on any atom is 0.214 e. The van der Waals surface area contributed by atoms with E-state index >= 15 is 0 Å². The highest BCUT2D eigenvalue weighted by Gasteiger charge is 2.24. The summed E-state index contributed by atoms with van der Waals surface area (Å²) in [6, 6.07) is 9.66. The Morgan fingerprint density at radius 2 is 2.08 bits per heavy atom. The van der Waals surface area contributed by atoms with Gasteiger partial charge in [0.25, 0.3) is 0 Å². The van der Waals surface area contributed by atoms with Crippen LogP contribution in [0.5, 0.6) is 0 Å². The number of carbonyl (C=O) groups is 1. The Kier molecular flexibility index (Phi) is 4.84. The number of hydrogen-bond donors (Lipinski definition) is 3. The molecule has 0 aliphatic heterocycles. The number of pyridine rings is 1.